The highest BCUT2D eigenvalue weighted by Gasteiger charge is 2.30. The first-order valence-corrected chi connectivity index (χ1v) is 5.94. The number of ether oxygens (including phenoxy) is 1. The summed E-state index contributed by atoms with van der Waals surface area (Å²) in [5.74, 6) is -0.0571. The van der Waals surface area contributed by atoms with Gasteiger partial charge in [-0.15, -0.1) is 0 Å². The Labute approximate surface area is 106 Å². The molecule has 5 nitrogen and oxygen atoms in total. The number of carboxylic acid groups (broad SMARTS) is 1. The van der Waals surface area contributed by atoms with Crippen LogP contribution in [0.25, 0.3) is 0 Å². The SMILES string of the molecule is COc1ccc(CN2CCCC2C(=O)O)c(O)c1. The fourth-order valence-electron chi connectivity index (χ4n) is 2.32. The summed E-state index contributed by atoms with van der Waals surface area (Å²) in [4.78, 5) is 12.9. The molecule has 2 rings (SSSR count). The largest absolute Gasteiger partial charge is 0.507 e. The maximum atomic E-state index is 11.1. The predicted molar refractivity (Wildman–Crippen MR) is 65.7 cm³/mol. The lowest BCUT2D eigenvalue weighted by Crippen LogP contribution is -2.35. The van der Waals surface area contributed by atoms with E-state index in [0.29, 0.717) is 18.7 Å². The number of hydrogen-bond acceptors (Lipinski definition) is 4. The highest BCUT2D eigenvalue weighted by molar-refractivity contribution is 5.73. The minimum Gasteiger partial charge on any atom is -0.507 e. The van der Waals surface area contributed by atoms with E-state index in [1.807, 2.05) is 4.90 Å². The van der Waals surface area contributed by atoms with Gasteiger partial charge in [-0.3, -0.25) is 9.69 Å². The van der Waals surface area contributed by atoms with Crippen LogP contribution in [0, 0.1) is 0 Å². The molecule has 1 aromatic rings. The molecule has 5 heteroatoms. The molecule has 18 heavy (non-hydrogen) atoms. The van der Waals surface area contributed by atoms with Crippen LogP contribution in [0.15, 0.2) is 18.2 Å². The van der Waals surface area contributed by atoms with Gasteiger partial charge in [-0.05, 0) is 25.5 Å². The molecule has 1 heterocycles. The maximum absolute atomic E-state index is 11.1. The number of methoxy groups -OCH3 is 1. The van der Waals surface area contributed by atoms with E-state index in [1.54, 1.807) is 18.2 Å². The molecule has 1 aliphatic heterocycles. The number of aromatic hydroxyl groups is 1. The Morgan fingerprint density at radius 2 is 2.33 bits per heavy atom. The van der Waals surface area contributed by atoms with Crippen molar-refractivity contribution in [3.8, 4) is 11.5 Å². The average molecular weight is 251 g/mol. The lowest BCUT2D eigenvalue weighted by molar-refractivity contribution is -0.142. The van der Waals surface area contributed by atoms with Crippen LogP contribution in [0.3, 0.4) is 0 Å². The topological polar surface area (TPSA) is 70.0 Å². The standard InChI is InChI=1S/C13H17NO4/c1-18-10-5-4-9(12(15)7-10)8-14-6-2-3-11(14)13(16)17/h4-5,7,11,15H,2-3,6,8H2,1H3,(H,16,17). The molecule has 0 aliphatic carbocycles. The minimum absolute atomic E-state index is 0.144. The summed E-state index contributed by atoms with van der Waals surface area (Å²) < 4.78 is 5.01. The predicted octanol–water partition coefficient (Wildman–Crippen LogP) is 1.45. The zero-order valence-electron chi connectivity index (χ0n) is 10.3. The number of aliphatic carboxylic acids is 1. The molecule has 0 spiro atoms. The molecule has 0 aromatic heterocycles. The molecule has 1 fully saturated rings. The molecule has 1 saturated heterocycles. The summed E-state index contributed by atoms with van der Waals surface area (Å²) in [5.41, 5.74) is 0.726. The zero-order chi connectivity index (χ0) is 13.1. The smallest absolute Gasteiger partial charge is 0.320 e. The van der Waals surface area contributed by atoms with Crippen LogP contribution in [0.2, 0.25) is 0 Å². The van der Waals surface area contributed by atoms with Crippen LogP contribution in [0.4, 0.5) is 0 Å². The van der Waals surface area contributed by atoms with Crippen molar-refractivity contribution in [1.29, 1.82) is 0 Å². The van der Waals surface area contributed by atoms with Gasteiger partial charge in [0.2, 0.25) is 0 Å². The lowest BCUT2D eigenvalue weighted by atomic mass is 10.1. The highest BCUT2D eigenvalue weighted by atomic mass is 16.5. The first-order chi connectivity index (χ1) is 8.61. The minimum atomic E-state index is -0.791. The molecule has 1 atom stereocenters. The summed E-state index contributed by atoms with van der Waals surface area (Å²) in [5, 5.41) is 18.9. The van der Waals surface area contributed by atoms with Crippen molar-refractivity contribution in [2.75, 3.05) is 13.7 Å². The van der Waals surface area contributed by atoms with Crippen molar-refractivity contribution in [3.63, 3.8) is 0 Å². The van der Waals surface area contributed by atoms with Crippen molar-refractivity contribution < 1.29 is 19.7 Å². The molecule has 0 saturated carbocycles. The van der Waals surface area contributed by atoms with E-state index in [1.165, 1.54) is 7.11 Å². The van der Waals surface area contributed by atoms with Gasteiger partial charge in [-0.1, -0.05) is 6.07 Å². The Balaban J connectivity index is 2.11. The van der Waals surface area contributed by atoms with Crippen LogP contribution < -0.4 is 4.74 Å². The summed E-state index contributed by atoms with van der Waals surface area (Å²) >= 11 is 0. The molecule has 98 valence electrons. The van der Waals surface area contributed by atoms with Crippen LogP contribution in [0.5, 0.6) is 11.5 Å². The van der Waals surface area contributed by atoms with Gasteiger partial charge < -0.3 is 14.9 Å². The second-order valence-corrected chi connectivity index (χ2v) is 4.46. The van der Waals surface area contributed by atoms with Gasteiger partial charge in [-0.25, -0.2) is 0 Å². The summed E-state index contributed by atoms with van der Waals surface area (Å²) in [6, 6.07) is 4.64. The van der Waals surface area contributed by atoms with Gasteiger partial charge in [0.05, 0.1) is 7.11 Å². The number of phenols is 1. The van der Waals surface area contributed by atoms with E-state index >= 15 is 0 Å². The lowest BCUT2D eigenvalue weighted by Gasteiger charge is -2.21. The number of nitrogens with zero attached hydrogens (tertiary/aromatic N) is 1. The molecule has 0 radical (unpaired) electrons. The van der Waals surface area contributed by atoms with Gasteiger partial charge >= 0.3 is 5.97 Å². The van der Waals surface area contributed by atoms with E-state index in [9.17, 15) is 9.90 Å². The Kier molecular flexibility index (Phi) is 3.72. The van der Waals surface area contributed by atoms with Crippen molar-refractivity contribution in [2.24, 2.45) is 0 Å². The molecule has 0 amide bonds. The van der Waals surface area contributed by atoms with Crippen molar-refractivity contribution >= 4 is 5.97 Å². The highest BCUT2D eigenvalue weighted by Crippen LogP contribution is 2.27. The first-order valence-electron chi connectivity index (χ1n) is 5.94. The molecule has 0 bridgehead atoms. The van der Waals surface area contributed by atoms with Gasteiger partial charge in [0.15, 0.2) is 0 Å². The van der Waals surface area contributed by atoms with Crippen LogP contribution >= 0.6 is 0 Å². The Morgan fingerprint density at radius 3 is 2.94 bits per heavy atom. The van der Waals surface area contributed by atoms with Crippen molar-refractivity contribution in [1.82, 2.24) is 4.90 Å². The third kappa shape index (κ3) is 2.56. The van der Waals surface area contributed by atoms with Crippen molar-refractivity contribution in [2.45, 2.75) is 25.4 Å². The van der Waals surface area contributed by atoms with Gasteiger partial charge in [0, 0.05) is 18.2 Å². The van der Waals surface area contributed by atoms with E-state index in [2.05, 4.69) is 0 Å². The average Bonchev–Trinajstić information content (AvgIpc) is 2.80. The van der Waals surface area contributed by atoms with E-state index in [0.717, 1.165) is 18.5 Å². The molecular formula is C13H17NO4. The molecule has 1 unspecified atom stereocenters. The Bertz CT molecular complexity index is 447. The number of benzene rings is 1. The van der Waals surface area contributed by atoms with Crippen molar-refractivity contribution in [3.05, 3.63) is 23.8 Å². The molecule has 2 N–H and O–H groups in total. The maximum Gasteiger partial charge on any atom is 0.320 e. The molecule has 1 aliphatic rings. The van der Waals surface area contributed by atoms with Gasteiger partial charge in [0.25, 0.3) is 0 Å². The number of likely N-dealkylation sites (tertiary alicyclic amines) is 1. The Morgan fingerprint density at radius 1 is 1.56 bits per heavy atom. The van der Waals surface area contributed by atoms with Gasteiger partial charge in [0.1, 0.15) is 17.5 Å². The number of carbonyl (C=O) groups is 1. The van der Waals surface area contributed by atoms with Crippen LogP contribution in [0.1, 0.15) is 18.4 Å². The second-order valence-electron chi connectivity index (χ2n) is 4.46. The van der Waals surface area contributed by atoms with E-state index < -0.39 is 12.0 Å². The molecule has 1 aromatic carbocycles. The number of carboxylic acids is 1. The summed E-state index contributed by atoms with van der Waals surface area (Å²) in [7, 11) is 1.54. The second kappa shape index (κ2) is 5.27. The van der Waals surface area contributed by atoms with E-state index in [4.69, 9.17) is 9.84 Å². The number of hydrogen-bond donors (Lipinski definition) is 2. The third-order valence-corrected chi connectivity index (χ3v) is 3.31. The number of phenolic OH excluding ortho intramolecular Hbond substituents is 1. The number of rotatable bonds is 4. The van der Waals surface area contributed by atoms with Crippen LogP contribution in [-0.2, 0) is 11.3 Å². The third-order valence-electron chi connectivity index (χ3n) is 3.31. The summed E-state index contributed by atoms with van der Waals surface area (Å²) in [6.07, 6.45) is 1.56. The fourth-order valence-corrected chi connectivity index (χ4v) is 2.32. The fraction of sp³-hybridized carbons (Fsp3) is 0.462. The quantitative estimate of drug-likeness (QED) is 0.847. The summed E-state index contributed by atoms with van der Waals surface area (Å²) in [6.45, 7) is 1.20. The van der Waals surface area contributed by atoms with Gasteiger partial charge in [-0.2, -0.15) is 0 Å². The molecular weight excluding hydrogens is 234 g/mol. The van der Waals surface area contributed by atoms with E-state index in [-0.39, 0.29) is 5.75 Å². The monoisotopic (exact) mass is 251 g/mol. The zero-order valence-corrected chi connectivity index (χ0v) is 10.3. The first kappa shape index (κ1) is 12.7. The Hall–Kier alpha value is -1.75. The normalized spacial score (nSPS) is 19.9. The van der Waals surface area contributed by atoms with Crippen LogP contribution in [-0.4, -0.2) is 40.8 Å².